The van der Waals surface area contributed by atoms with E-state index in [9.17, 15) is 0 Å². The standard InChI is InChI=1S/C21H22/c1-5-19(21-13-8-17(3)9-14-21)15-10-18(4)20-11-6-16(2)7-12-20/h5-15H,4H2,1-3H3/b15-10-,19-5+. The van der Waals surface area contributed by atoms with Gasteiger partial charge in [0.1, 0.15) is 0 Å². The van der Waals surface area contributed by atoms with Crippen molar-refractivity contribution in [2.45, 2.75) is 20.8 Å². The van der Waals surface area contributed by atoms with Crippen LogP contribution in [0.15, 0.2) is 73.3 Å². The second-order valence-corrected chi connectivity index (χ2v) is 5.33. The van der Waals surface area contributed by atoms with Gasteiger partial charge in [-0.1, -0.05) is 84.5 Å². The van der Waals surface area contributed by atoms with Gasteiger partial charge in [-0.2, -0.15) is 0 Å². The fourth-order valence-corrected chi connectivity index (χ4v) is 2.16. The molecule has 21 heavy (non-hydrogen) atoms. The van der Waals surface area contributed by atoms with Crippen LogP contribution in [0.25, 0.3) is 11.1 Å². The lowest BCUT2D eigenvalue weighted by Crippen LogP contribution is -1.83. The predicted molar refractivity (Wildman–Crippen MR) is 94.2 cm³/mol. The third-order valence-corrected chi connectivity index (χ3v) is 3.58. The van der Waals surface area contributed by atoms with Gasteiger partial charge in [-0.25, -0.2) is 0 Å². The average Bonchev–Trinajstić information content (AvgIpc) is 2.50. The van der Waals surface area contributed by atoms with Crippen molar-refractivity contribution in [1.29, 1.82) is 0 Å². The molecule has 0 spiro atoms. The number of hydrogen-bond acceptors (Lipinski definition) is 0. The van der Waals surface area contributed by atoms with Crippen molar-refractivity contribution in [3.05, 3.63) is 95.6 Å². The van der Waals surface area contributed by atoms with Crippen LogP contribution >= 0.6 is 0 Å². The van der Waals surface area contributed by atoms with Crippen molar-refractivity contribution in [2.24, 2.45) is 0 Å². The first kappa shape index (κ1) is 15.1. The monoisotopic (exact) mass is 274 g/mol. The Morgan fingerprint density at radius 2 is 1.24 bits per heavy atom. The Morgan fingerprint density at radius 1 is 0.762 bits per heavy atom. The molecular formula is C21H22. The molecule has 0 aliphatic heterocycles. The summed E-state index contributed by atoms with van der Waals surface area (Å²) in [7, 11) is 0. The SMILES string of the molecule is C=C(/C=C\C(=C/C)c1ccc(C)cc1)c1ccc(C)cc1. The average molecular weight is 274 g/mol. The van der Waals surface area contributed by atoms with E-state index < -0.39 is 0 Å². The molecule has 0 radical (unpaired) electrons. The van der Waals surface area contributed by atoms with Gasteiger partial charge >= 0.3 is 0 Å². The lowest BCUT2D eigenvalue weighted by molar-refractivity contribution is 1.45. The maximum absolute atomic E-state index is 4.15. The van der Waals surface area contributed by atoms with Crippen molar-refractivity contribution >= 4 is 11.1 Å². The Labute approximate surface area is 128 Å². The molecular weight excluding hydrogens is 252 g/mol. The van der Waals surface area contributed by atoms with E-state index in [2.05, 4.69) is 94.1 Å². The van der Waals surface area contributed by atoms with Crippen LogP contribution in [0.5, 0.6) is 0 Å². The Kier molecular flexibility index (Phi) is 4.94. The first-order valence-corrected chi connectivity index (χ1v) is 7.27. The molecule has 2 aromatic carbocycles. The normalized spacial score (nSPS) is 11.9. The van der Waals surface area contributed by atoms with Crippen LogP contribution in [-0.2, 0) is 0 Å². The van der Waals surface area contributed by atoms with E-state index >= 15 is 0 Å². The molecule has 2 rings (SSSR count). The van der Waals surface area contributed by atoms with Gasteiger partial charge in [0.2, 0.25) is 0 Å². The number of benzene rings is 2. The summed E-state index contributed by atoms with van der Waals surface area (Å²) in [4.78, 5) is 0. The zero-order valence-corrected chi connectivity index (χ0v) is 13.1. The summed E-state index contributed by atoms with van der Waals surface area (Å²) >= 11 is 0. The predicted octanol–water partition coefficient (Wildman–Crippen LogP) is 5.98. The van der Waals surface area contributed by atoms with E-state index in [4.69, 9.17) is 0 Å². The highest BCUT2D eigenvalue weighted by Gasteiger charge is 1.98. The fraction of sp³-hybridized carbons (Fsp3) is 0.143. The van der Waals surface area contributed by atoms with E-state index in [1.165, 1.54) is 22.3 Å². The van der Waals surface area contributed by atoms with Crippen LogP contribution in [0.1, 0.15) is 29.2 Å². The topological polar surface area (TPSA) is 0 Å². The highest BCUT2D eigenvalue weighted by molar-refractivity contribution is 5.80. The van der Waals surface area contributed by atoms with Crippen molar-refractivity contribution in [2.75, 3.05) is 0 Å². The second kappa shape index (κ2) is 6.90. The molecule has 0 heterocycles. The number of allylic oxidation sites excluding steroid dienone is 5. The quantitative estimate of drug-likeness (QED) is 0.602. The molecule has 0 unspecified atom stereocenters. The van der Waals surface area contributed by atoms with E-state index in [0.717, 1.165) is 11.1 Å². The lowest BCUT2D eigenvalue weighted by atomic mass is 10.0. The second-order valence-electron chi connectivity index (χ2n) is 5.33. The van der Waals surface area contributed by atoms with Crippen LogP contribution < -0.4 is 0 Å². The third kappa shape index (κ3) is 4.06. The van der Waals surface area contributed by atoms with Crippen molar-refractivity contribution in [3.63, 3.8) is 0 Å². The lowest BCUT2D eigenvalue weighted by Gasteiger charge is -2.04. The minimum atomic E-state index is 1.03. The van der Waals surface area contributed by atoms with E-state index in [-0.39, 0.29) is 0 Å². The Morgan fingerprint density at radius 3 is 1.71 bits per heavy atom. The molecule has 0 amide bonds. The first-order valence-electron chi connectivity index (χ1n) is 7.27. The fourth-order valence-electron chi connectivity index (χ4n) is 2.16. The summed E-state index contributed by atoms with van der Waals surface area (Å²) in [6.45, 7) is 10.4. The third-order valence-electron chi connectivity index (χ3n) is 3.58. The van der Waals surface area contributed by atoms with Gasteiger partial charge in [-0.05, 0) is 43.0 Å². The van der Waals surface area contributed by atoms with Crippen molar-refractivity contribution in [3.8, 4) is 0 Å². The zero-order valence-electron chi connectivity index (χ0n) is 13.1. The smallest absolute Gasteiger partial charge is 0.0187 e. The van der Waals surface area contributed by atoms with Gasteiger partial charge in [0.15, 0.2) is 0 Å². The van der Waals surface area contributed by atoms with E-state index in [0.29, 0.717) is 0 Å². The van der Waals surface area contributed by atoms with Gasteiger partial charge in [0.25, 0.3) is 0 Å². The molecule has 2 aromatic rings. The van der Waals surface area contributed by atoms with Crippen LogP contribution in [0.3, 0.4) is 0 Å². The Bertz CT molecular complexity index is 665. The van der Waals surface area contributed by atoms with E-state index in [1.54, 1.807) is 0 Å². The summed E-state index contributed by atoms with van der Waals surface area (Å²) < 4.78 is 0. The van der Waals surface area contributed by atoms with Crippen LogP contribution in [0.2, 0.25) is 0 Å². The Hall–Kier alpha value is -2.34. The summed E-state index contributed by atoms with van der Waals surface area (Å²) in [5.74, 6) is 0. The minimum Gasteiger partial charge on any atom is -0.0912 e. The van der Waals surface area contributed by atoms with Crippen LogP contribution in [-0.4, -0.2) is 0 Å². The largest absolute Gasteiger partial charge is 0.0912 e. The Balaban J connectivity index is 2.16. The van der Waals surface area contributed by atoms with Gasteiger partial charge in [0.05, 0.1) is 0 Å². The maximum atomic E-state index is 4.15. The molecule has 0 fully saturated rings. The molecule has 0 aliphatic rings. The summed E-state index contributed by atoms with van der Waals surface area (Å²) in [5.41, 5.74) is 7.18. The van der Waals surface area contributed by atoms with Crippen LogP contribution in [0, 0.1) is 13.8 Å². The number of aryl methyl sites for hydroxylation is 2. The van der Waals surface area contributed by atoms with Gasteiger partial charge in [-0.15, -0.1) is 0 Å². The van der Waals surface area contributed by atoms with Crippen molar-refractivity contribution < 1.29 is 0 Å². The van der Waals surface area contributed by atoms with Crippen LogP contribution in [0.4, 0.5) is 0 Å². The van der Waals surface area contributed by atoms with Crippen molar-refractivity contribution in [1.82, 2.24) is 0 Å². The summed E-state index contributed by atoms with van der Waals surface area (Å²) in [5, 5.41) is 0. The first-order chi connectivity index (χ1) is 10.1. The maximum Gasteiger partial charge on any atom is -0.0187 e. The molecule has 0 saturated heterocycles. The molecule has 0 aromatic heterocycles. The number of rotatable bonds is 4. The molecule has 0 heteroatoms. The molecule has 0 atom stereocenters. The van der Waals surface area contributed by atoms with E-state index in [1.807, 2.05) is 0 Å². The zero-order chi connectivity index (χ0) is 15.2. The molecule has 0 bridgehead atoms. The highest BCUT2D eigenvalue weighted by atomic mass is 14.0. The minimum absolute atomic E-state index is 1.03. The van der Waals surface area contributed by atoms with Gasteiger partial charge < -0.3 is 0 Å². The summed E-state index contributed by atoms with van der Waals surface area (Å²) in [6.07, 6.45) is 6.34. The molecule has 106 valence electrons. The number of hydrogen-bond donors (Lipinski definition) is 0. The molecule has 0 nitrogen and oxygen atoms in total. The molecule has 0 N–H and O–H groups in total. The molecule has 0 aliphatic carbocycles. The summed E-state index contributed by atoms with van der Waals surface area (Å²) in [6, 6.07) is 17.1. The highest BCUT2D eigenvalue weighted by Crippen LogP contribution is 2.20. The molecule has 0 saturated carbocycles. The van der Waals surface area contributed by atoms with Gasteiger partial charge in [-0.3, -0.25) is 0 Å². The van der Waals surface area contributed by atoms with Gasteiger partial charge in [0, 0.05) is 0 Å².